The van der Waals surface area contributed by atoms with Crippen LogP contribution < -0.4 is 15.6 Å². The molecular weight excluding hydrogens is 432 g/mol. The molecule has 0 bridgehead atoms. The smallest absolute Gasteiger partial charge is 0.297 e. The zero-order valence-corrected chi connectivity index (χ0v) is 20.2. The zero-order chi connectivity index (χ0) is 24.6. The largest absolute Gasteiger partial charge is 0.497 e. The van der Waals surface area contributed by atoms with Crippen LogP contribution in [0.5, 0.6) is 5.75 Å². The predicted octanol–water partition coefficient (Wildman–Crippen LogP) is 4.88. The lowest BCUT2D eigenvalue weighted by Gasteiger charge is -2.20. The van der Waals surface area contributed by atoms with Gasteiger partial charge in [-0.25, -0.2) is 4.68 Å². The van der Waals surface area contributed by atoms with Crippen LogP contribution in [0.4, 0.5) is 5.69 Å². The monoisotopic (exact) mass is 460 g/mol. The molecule has 1 N–H and O–H groups in total. The molecule has 0 radical (unpaired) electrons. The van der Waals surface area contributed by atoms with Crippen LogP contribution in [0.1, 0.15) is 41.8 Å². The fourth-order valence-electron chi connectivity index (χ4n) is 4.35. The van der Waals surface area contributed by atoms with E-state index >= 15 is 0 Å². The summed E-state index contributed by atoms with van der Waals surface area (Å²) in [5, 5.41) is 12.2. The maximum atomic E-state index is 13.4. The van der Waals surface area contributed by atoms with E-state index in [4.69, 9.17) is 9.26 Å². The fourth-order valence-corrected chi connectivity index (χ4v) is 4.35. The number of hydrogen-bond acceptors (Lipinski definition) is 6. The number of aryl methyl sites for hydroxylation is 4. The van der Waals surface area contributed by atoms with Gasteiger partial charge in [0.1, 0.15) is 23.2 Å². The molecule has 4 aromatic rings. The number of ether oxygens (including phenoxy) is 1. The molecule has 2 aromatic carbocycles. The molecule has 4 rings (SSSR count). The van der Waals surface area contributed by atoms with Gasteiger partial charge in [-0.2, -0.15) is 5.10 Å². The van der Waals surface area contributed by atoms with Crippen molar-refractivity contribution in [1.29, 1.82) is 0 Å². The van der Waals surface area contributed by atoms with Gasteiger partial charge in [0.25, 0.3) is 5.56 Å². The van der Waals surface area contributed by atoms with Gasteiger partial charge in [-0.1, -0.05) is 41.9 Å². The summed E-state index contributed by atoms with van der Waals surface area (Å²) in [5.74, 6) is 0.811. The second-order valence-electron chi connectivity index (χ2n) is 8.48. The Morgan fingerprint density at radius 1 is 1.15 bits per heavy atom. The molecule has 0 aliphatic carbocycles. The lowest BCUT2D eigenvalue weighted by molar-refractivity contribution is -0.119. The Kier molecular flexibility index (Phi) is 6.24. The highest BCUT2D eigenvalue weighted by atomic mass is 16.5. The molecule has 176 valence electrons. The van der Waals surface area contributed by atoms with Crippen molar-refractivity contribution >= 4 is 22.5 Å². The second-order valence-corrected chi connectivity index (χ2v) is 8.48. The first-order valence-electron chi connectivity index (χ1n) is 11.2. The highest BCUT2D eigenvalue weighted by Crippen LogP contribution is 2.30. The van der Waals surface area contributed by atoms with E-state index in [0.29, 0.717) is 29.0 Å². The van der Waals surface area contributed by atoms with Gasteiger partial charge >= 0.3 is 0 Å². The van der Waals surface area contributed by atoms with Crippen LogP contribution in [0.3, 0.4) is 0 Å². The number of anilines is 1. The van der Waals surface area contributed by atoms with Crippen molar-refractivity contribution in [3.05, 3.63) is 69.2 Å². The summed E-state index contributed by atoms with van der Waals surface area (Å²) < 4.78 is 11.9. The summed E-state index contributed by atoms with van der Waals surface area (Å²) >= 11 is 0. The number of carbonyl (C=O) groups is 1. The third-order valence-electron chi connectivity index (χ3n) is 5.97. The SMILES string of the molecule is CC[C@@H](C(=O)Nc1c(C)cc(C)cc1C)n1nc(-c2cccc(OC)c2)c2c(C)onc2c1=O. The van der Waals surface area contributed by atoms with Crippen molar-refractivity contribution in [2.45, 2.75) is 47.1 Å². The summed E-state index contributed by atoms with van der Waals surface area (Å²) in [6.07, 6.45) is 0.364. The average molecular weight is 461 g/mol. The molecule has 0 unspecified atom stereocenters. The number of rotatable bonds is 6. The maximum Gasteiger partial charge on any atom is 0.297 e. The van der Waals surface area contributed by atoms with Gasteiger partial charge < -0.3 is 14.6 Å². The molecule has 1 amide bonds. The Morgan fingerprint density at radius 2 is 1.85 bits per heavy atom. The molecule has 2 heterocycles. The van der Waals surface area contributed by atoms with E-state index in [1.807, 2.05) is 64.1 Å². The van der Waals surface area contributed by atoms with E-state index < -0.39 is 11.6 Å². The van der Waals surface area contributed by atoms with Crippen LogP contribution in [-0.4, -0.2) is 28.0 Å². The summed E-state index contributed by atoms with van der Waals surface area (Å²) in [7, 11) is 1.58. The first-order chi connectivity index (χ1) is 16.2. The third kappa shape index (κ3) is 4.07. The molecule has 8 heteroatoms. The van der Waals surface area contributed by atoms with Gasteiger partial charge in [0.05, 0.1) is 12.5 Å². The molecule has 0 aliphatic heterocycles. The number of carbonyl (C=O) groups excluding carboxylic acids is 1. The molecule has 0 saturated heterocycles. The molecule has 1 atom stereocenters. The first kappa shape index (κ1) is 23.2. The van der Waals surface area contributed by atoms with E-state index in [1.54, 1.807) is 14.0 Å². The van der Waals surface area contributed by atoms with Crippen molar-refractivity contribution in [3.8, 4) is 17.0 Å². The van der Waals surface area contributed by atoms with E-state index in [1.165, 1.54) is 4.68 Å². The van der Waals surface area contributed by atoms with Crippen molar-refractivity contribution < 1.29 is 14.1 Å². The van der Waals surface area contributed by atoms with E-state index in [0.717, 1.165) is 27.9 Å². The predicted molar refractivity (Wildman–Crippen MR) is 131 cm³/mol. The topological polar surface area (TPSA) is 99.2 Å². The van der Waals surface area contributed by atoms with Crippen molar-refractivity contribution in [2.24, 2.45) is 0 Å². The molecule has 34 heavy (non-hydrogen) atoms. The number of fused-ring (bicyclic) bond motifs is 1. The maximum absolute atomic E-state index is 13.4. The number of amides is 1. The summed E-state index contributed by atoms with van der Waals surface area (Å²) in [6.45, 7) is 9.49. The van der Waals surface area contributed by atoms with Gasteiger partial charge in [0.2, 0.25) is 5.91 Å². The number of aromatic nitrogens is 3. The van der Waals surface area contributed by atoms with Crippen LogP contribution in [0.15, 0.2) is 45.7 Å². The highest BCUT2D eigenvalue weighted by Gasteiger charge is 2.27. The minimum absolute atomic E-state index is 0.138. The highest BCUT2D eigenvalue weighted by molar-refractivity contribution is 5.96. The molecule has 2 aromatic heterocycles. The van der Waals surface area contributed by atoms with Crippen molar-refractivity contribution in [1.82, 2.24) is 14.9 Å². The Labute approximate surface area is 197 Å². The minimum Gasteiger partial charge on any atom is -0.497 e. The summed E-state index contributed by atoms with van der Waals surface area (Å²) in [4.78, 5) is 26.8. The lowest BCUT2D eigenvalue weighted by atomic mass is 10.0. The number of benzene rings is 2. The molecular formula is C26H28N4O4. The summed E-state index contributed by atoms with van der Waals surface area (Å²) in [6, 6.07) is 10.5. The van der Waals surface area contributed by atoms with Gasteiger partial charge in [0, 0.05) is 11.3 Å². The lowest BCUT2D eigenvalue weighted by Crippen LogP contribution is -2.35. The Balaban J connectivity index is 1.85. The van der Waals surface area contributed by atoms with Crippen molar-refractivity contribution in [3.63, 3.8) is 0 Å². The van der Waals surface area contributed by atoms with Crippen LogP contribution in [0.25, 0.3) is 22.2 Å². The standard InChI is InChI=1S/C26H28N4O4/c1-7-20(25(31)27-22-15(3)11-14(2)12-16(22)4)30-26(32)24-21(17(5)34-29-24)23(28-30)18-9-8-10-19(13-18)33-6/h8-13,20H,7H2,1-6H3,(H,27,31)/t20-/m0/s1. The number of hydrogen-bond donors (Lipinski definition) is 1. The Hall–Kier alpha value is -3.94. The number of methoxy groups -OCH3 is 1. The normalized spacial score (nSPS) is 12.1. The molecule has 0 saturated carbocycles. The molecule has 8 nitrogen and oxygen atoms in total. The fraction of sp³-hybridized carbons (Fsp3) is 0.308. The van der Waals surface area contributed by atoms with Gasteiger partial charge in [-0.05, 0) is 57.4 Å². The van der Waals surface area contributed by atoms with Gasteiger partial charge in [0.15, 0.2) is 5.52 Å². The number of nitrogens with zero attached hydrogens (tertiary/aromatic N) is 3. The van der Waals surface area contributed by atoms with Crippen LogP contribution in [0.2, 0.25) is 0 Å². The van der Waals surface area contributed by atoms with Gasteiger partial charge in [-0.3, -0.25) is 9.59 Å². The van der Waals surface area contributed by atoms with Crippen LogP contribution >= 0.6 is 0 Å². The summed E-state index contributed by atoms with van der Waals surface area (Å²) in [5.41, 5.74) is 4.67. The average Bonchev–Trinajstić information content (AvgIpc) is 3.20. The molecule has 0 fully saturated rings. The Bertz CT molecular complexity index is 1430. The van der Waals surface area contributed by atoms with Crippen LogP contribution in [0, 0.1) is 27.7 Å². The van der Waals surface area contributed by atoms with E-state index in [-0.39, 0.29) is 11.4 Å². The quantitative estimate of drug-likeness (QED) is 0.440. The number of nitrogens with one attached hydrogen (secondary N) is 1. The molecule has 0 aliphatic rings. The van der Waals surface area contributed by atoms with Gasteiger partial charge in [-0.15, -0.1) is 0 Å². The van der Waals surface area contributed by atoms with Crippen molar-refractivity contribution in [2.75, 3.05) is 12.4 Å². The third-order valence-corrected chi connectivity index (χ3v) is 5.97. The molecule has 0 spiro atoms. The zero-order valence-electron chi connectivity index (χ0n) is 20.2. The minimum atomic E-state index is -0.835. The first-order valence-corrected chi connectivity index (χ1v) is 11.2. The second kappa shape index (κ2) is 9.13. The Morgan fingerprint density at radius 3 is 2.50 bits per heavy atom. The van der Waals surface area contributed by atoms with E-state index in [2.05, 4.69) is 15.6 Å². The van der Waals surface area contributed by atoms with Crippen LogP contribution in [-0.2, 0) is 4.79 Å². The van der Waals surface area contributed by atoms with E-state index in [9.17, 15) is 9.59 Å².